The zero-order valence-electron chi connectivity index (χ0n) is 10.8. The first kappa shape index (κ1) is 14.8. The lowest BCUT2D eigenvalue weighted by molar-refractivity contribution is -0.146. The fourth-order valence-corrected chi connectivity index (χ4v) is 1.33. The molecule has 0 spiro atoms. The molecule has 1 rings (SSSR count). The van der Waals surface area contributed by atoms with Crippen LogP contribution in [0.3, 0.4) is 0 Å². The zero-order chi connectivity index (χ0) is 14.1. The molecule has 0 saturated heterocycles. The van der Waals surface area contributed by atoms with Gasteiger partial charge in [-0.3, -0.25) is 4.79 Å². The maximum atomic E-state index is 11.4. The van der Waals surface area contributed by atoms with E-state index in [1.54, 1.807) is 31.3 Å². The fourth-order valence-electron chi connectivity index (χ4n) is 1.33. The van der Waals surface area contributed by atoms with Crippen LogP contribution >= 0.6 is 0 Å². The van der Waals surface area contributed by atoms with Gasteiger partial charge in [-0.15, -0.1) is 0 Å². The standard InChI is InChI=1S/C13H18N2O4/c1-15-12(16)7-4-8-18-13(17)9-19-11-6-3-2-5-10(11)14/h2-3,5-6H,4,7-9,14H2,1H3,(H,15,16). The summed E-state index contributed by atoms with van der Waals surface area (Å²) < 4.78 is 10.1. The van der Waals surface area contributed by atoms with E-state index in [0.717, 1.165) is 0 Å². The number of ether oxygens (including phenoxy) is 2. The van der Waals surface area contributed by atoms with E-state index < -0.39 is 5.97 Å². The van der Waals surface area contributed by atoms with Gasteiger partial charge in [0.1, 0.15) is 5.75 Å². The predicted molar refractivity (Wildman–Crippen MR) is 70.6 cm³/mol. The summed E-state index contributed by atoms with van der Waals surface area (Å²) in [5.74, 6) is -0.116. The number of rotatable bonds is 7. The maximum Gasteiger partial charge on any atom is 0.344 e. The second-order valence-electron chi connectivity index (χ2n) is 3.82. The van der Waals surface area contributed by atoms with E-state index in [-0.39, 0.29) is 19.1 Å². The van der Waals surface area contributed by atoms with Crippen molar-refractivity contribution >= 4 is 17.6 Å². The minimum atomic E-state index is -0.486. The first-order valence-corrected chi connectivity index (χ1v) is 5.97. The molecule has 6 nitrogen and oxygen atoms in total. The van der Waals surface area contributed by atoms with Gasteiger partial charge in [0.15, 0.2) is 6.61 Å². The minimum Gasteiger partial charge on any atom is -0.480 e. The smallest absolute Gasteiger partial charge is 0.344 e. The normalized spacial score (nSPS) is 9.74. The highest BCUT2D eigenvalue weighted by Gasteiger charge is 2.06. The molecular weight excluding hydrogens is 248 g/mol. The quantitative estimate of drug-likeness (QED) is 0.431. The van der Waals surface area contributed by atoms with E-state index in [4.69, 9.17) is 15.2 Å². The third-order valence-corrected chi connectivity index (χ3v) is 2.35. The summed E-state index contributed by atoms with van der Waals surface area (Å²) in [5.41, 5.74) is 6.12. The minimum absolute atomic E-state index is 0.0793. The molecule has 0 heterocycles. The third kappa shape index (κ3) is 5.76. The van der Waals surface area contributed by atoms with Crippen LogP contribution in [0, 0.1) is 0 Å². The van der Waals surface area contributed by atoms with E-state index >= 15 is 0 Å². The molecule has 0 unspecified atom stereocenters. The summed E-state index contributed by atoms with van der Waals surface area (Å²) in [6.45, 7) is -0.00588. The maximum absolute atomic E-state index is 11.4. The van der Waals surface area contributed by atoms with Gasteiger partial charge in [-0.1, -0.05) is 12.1 Å². The molecule has 19 heavy (non-hydrogen) atoms. The number of hydrogen-bond acceptors (Lipinski definition) is 5. The number of amides is 1. The van der Waals surface area contributed by atoms with Crippen LogP contribution in [-0.2, 0) is 14.3 Å². The number of carbonyl (C=O) groups excluding carboxylic acids is 2. The topological polar surface area (TPSA) is 90.6 Å². The second kappa shape index (κ2) is 7.97. The first-order valence-electron chi connectivity index (χ1n) is 5.97. The van der Waals surface area contributed by atoms with E-state index in [9.17, 15) is 9.59 Å². The molecule has 104 valence electrons. The lowest BCUT2D eigenvalue weighted by atomic mass is 10.3. The molecule has 1 amide bonds. The average Bonchev–Trinajstić information content (AvgIpc) is 2.42. The van der Waals surface area contributed by atoms with Gasteiger partial charge < -0.3 is 20.5 Å². The molecule has 1 aromatic carbocycles. The SMILES string of the molecule is CNC(=O)CCCOC(=O)COc1ccccc1N. The van der Waals surface area contributed by atoms with Crippen LogP contribution in [0.4, 0.5) is 5.69 Å². The molecule has 0 radical (unpaired) electrons. The molecule has 0 fully saturated rings. The number of carbonyl (C=O) groups is 2. The van der Waals surface area contributed by atoms with Crippen molar-refractivity contribution in [2.24, 2.45) is 0 Å². The van der Waals surface area contributed by atoms with Crippen molar-refractivity contribution in [1.82, 2.24) is 5.32 Å². The number of benzene rings is 1. The van der Waals surface area contributed by atoms with Crippen molar-refractivity contribution in [2.45, 2.75) is 12.8 Å². The highest BCUT2D eigenvalue weighted by molar-refractivity contribution is 5.75. The van der Waals surface area contributed by atoms with Crippen molar-refractivity contribution in [1.29, 1.82) is 0 Å². The average molecular weight is 266 g/mol. The van der Waals surface area contributed by atoms with Gasteiger partial charge in [-0.25, -0.2) is 4.79 Å². The molecule has 0 aliphatic heterocycles. The Bertz CT molecular complexity index is 434. The van der Waals surface area contributed by atoms with Crippen molar-refractivity contribution in [3.63, 3.8) is 0 Å². The molecule has 3 N–H and O–H groups in total. The Kier molecular flexibility index (Phi) is 6.21. The molecule has 1 aromatic rings. The Morgan fingerprint density at radius 3 is 2.74 bits per heavy atom. The number of nitrogens with one attached hydrogen (secondary N) is 1. The number of nitrogens with two attached hydrogens (primary N) is 1. The molecule has 0 aliphatic carbocycles. The van der Waals surface area contributed by atoms with Crippen LogP contribution in [0.2, 0.25) is 0 Å². The number of esters is 1. The lowest BCUT2D eigenvalue weighted by Gasteiger charge is -2.08. The van der Waals surface area contributed by atoms with Crippen molar-refractivity contribution in [3.8, 4) is 5.75 Å². The Morgan fingerprint density at radius 1 is 1.32 bits per heavy atom. The van der Waals surface area contributed by atoms with Crippen LogP contribution in [0.25, 0.3) is 0 Å². The molecule has 0 aromatic heterocycles. The van der Waals surface area contributed by atoms with E-state index in [0.29, 0.717) is 24.3 Å². The Balaban J connectivity index is 2.18. The molecule has 0 atom stereocenters. The first-order chi connectivity index (χ1) is 9.13. The summed E-state index contributed by atoms with van der Waals surface area (Å²) in [4.78, 5) is 22.3. The predicted octanol–water partition coefficient (Wildman–Crippen LogP) is 0.717. The fraction of sp³-hybridized carbons (Fsp3) is 0.385. The second-order valence-corrected chi connectivity index (χ2v) is 3.82. The van der Waals surface area contributed by atoms with E-state index in [2.05, 4.69) is 5.32 Å². The lowest BCUT2D eigenvalue weighted by Crippen LogP contribution is -2.19. The summed E-state index contributed by atoms with van der Waals surface area (Å²) >= 11 is 0. The van der Waals surface area contributed by atoms with Gasteiger partial charge in [0.05, 0.1) is 12.3 Å². The van der Waals surface area contributed by atoms with Crippen molar-refractivity contribution in [3.05, 3.63) is 24.3 Å². The summed E-state index contributed by atoms with van der Waals surface area (Å²) in [6.07, 6.45) is 0.815. The third-order valence-electron chi connectivity index (χ3n) is 2.35. The Morgan fingerprint density at radius 2 is 2.05 bits per heavy atom. The largest absolute Gasteiger partial charge is 0.480 e. The molecule has 6 heteroatoms. The molecule has 0 aliphatic rings. The number of anilines is 1. The van der Waals surface area contributed by atoms with Crippen LogP contribution in [-0.4, -0.2) is 32.1 Å². The Labute approximate surface area is 111 Å². The van der Waals surface area contributed by atoms with Crippen molar-refractivity contribution < 1.29 is 19.1 Å². The number of nitrogen functional groups attached to an aromatic ring is 1. The van der Waals surface area contributed by atoms with Crippen LogP contribution < -0.4 is 15.8 Å². The van der Waals surface area contributed by atoms with Gasteiger partial charge in [-0.2, -0.15) is 0 Å². The van der Waals surface area contributed by atoms with Gasteiger partial charge in [-0.05, 0) is 18.6 Å². The van der Waals surface area contributed by atoms with Crippen LogP contribution in [0.1, 0.15) is 12.8 Å². The Hall–Kier alpha value is -2.24. The van der Waals surface area contributed by atoms with E-state index in [1.165, 1.54) is 0 Å². The highest BCUT2D eigenvalue weighted by atomic mass is 16.6. The zero-order valence-corrected chi connectivity index (χ0v) is 10.8. The van der Waals surface area contributed by atoms with Gasteiger partial charge in [0, 0.05) is 13.5 Å². The monoisotopic (exact) mass is 266 g/mol. The van der Waals surface area contributed by atoms with E-state index in [1.807, 2.05) is 0 Å². The summed E-state index contributed by atoms with van der Waals surface area (Å²) in [7, 11) is 1.56. The molecule has 0 bridgehead atoms. The highest BCUT2D eigenvalue weighted by Crippen LogP contribution is 2.19. The van der Waals surface area contributed by atoms with Gasteiger partial charge in [0.25, 0.3) is 0 Å². The molecular formula is C13H18N2O4. The van der Waals surface area contributed by atoms with Crippen LogP contribution in [0.5, 0.6) is 5.75 Å². The van der Waals surface area contributed by atoms with Crippen LogP contribution in [0.15, 0.2) is 24.3 Å². The molecule has 0 saturated carbocycles. The summed E-state index contributed by atoms with van der Waals surface area (Å²) in [6, 6.07) is 6.90. The van der Waals surface area contributed by atoms with Gasteiger partial charge >= 0.3 is 5.97 Å². The van der Waals surface area contributed by atoms with Crippen molar-refractivity contribution in [2.75, 3.05) is 26.0 Å². The van der Waals surface area contributed by atoms with Gasteiger partial charge in [0.2, 0.25) is 5.91 Å². The summed E-state index contributed by atoms with van der Waals surface area (Å²) in [5, 5.41) is 2.49. The number of hydrogen-bond donors (Lipinski definition) is 2. The number of para-hydroxylation sites is 2.